The van der Waals surface area contributed by atoms with E-state index in [1.54, 1.807) is 27.8 Å². The van der Waals surface area contributed by atoms with Gasteiger partial charge in [0.05, 0.1) is 20.0 Å². The molecule has 4 nitrogen and oxygen atoms in total. The molecule has 3 aromatic rings. The molecule has 23 heavy (non-hydrogen) atoms. The van der Waals surface area contributed by atoms with Crippen LogP contribution in [0.3, 0.4) is 0 Å². The van der Waals surface area contributed by atoms with Crippen LogP contribution in [0.4, 0.5) is 0 Å². The second kappa shape index (κ2) is 5.93. The Labute approximate surface area is 151 Å². The molecule has 2 aromatic heterocycles. The summed E-state index contributed by atoms with van der Waals surface area (Å²) in [5, 5.41) is 0.892. The van der Waals surface area contributed by atoms with Crippen molar-refractivity contribution in [2.75, 3.05) is 6.54 Å². The van der Waals surface area contributed by atoms with Crippen LogP contribution in [0.1, 0.15) is 23.9 Å². The normalized spacial score (nSPS) is 19.6. The number of thiophene rings is 1. The first kappa shape index (κ1) is 15.7. The Morgan fingerprint density at radius 2 is 2.00 bits per heavy atom. The number of sulfonamides is 1. The van der Waals surface area contributed by atoms with Gasteiger partial charge in [0, 0.05) is 6.54 Å². The SMILES string of the molecule is O=S(=O)(c1ccc(Br)s1)N1CCC[C@@H]1c1nc2ccccc2s1. The van der Waals surface area contributed by atoms with Crippen molar-refractivity contribution in [3.05, 3.63) is 45.2 Å². The highest BCUT2D eigenvalue weighted by Crippen LogP contribution is 2.41. The summed E-state index contributed by atoms with van der Waals surface area (Å²) in [4.78, 5) is 4.66. The van der Waals surface area contributed by atoms with Crippen molar-refractivity contribution in [1.82, 2.24) is 9.29 Å². The van der Waals surface area contributed by atoms with Gasteiger partial charge in [-0.05, 0) is 53.0 Å². The number of hydrogen-bond donors (Lipinski definition) is 0. The van der Waals surface area contributed by atoms with Gasteiger partial charge in [-0.2, -0.15) is 4.31 Å². The summed E-state index contributed by atoms with van der Waals surface area (Å²) in [6.45, 7) is 0.554. The van der Waals surface area contributed by atoms with E-state index in [4.69, 9.17) is 0 Å². The van der Waals surface area contributed by atoms with Crippen LogP contribution < -0.4 is 0 Å². The Hall–Kier alpha value is -0.800. The minimum Gasteiger partial charge on any atom is -0.239 e. The molecule has 4 rings (SSSR count). The molecule has 0 unspecified atom stereocenters. The van der Waals surface area contributed by atoms with Crippen molar-refractivity contribution in [1.29, 1.82) is 0 Å². The highest BCUT2D eigenvalue weighted by atomic mass is 79.9. The Kier molecular flexibility index (Phi) is 4.05. The number of fused-ring (bicyclic) bond motifs is 1. The maximum absolute atomic E-state index is 12.9. The maximum atomic E-state index is 12.9. The molecule has 0 radical (unpaired) electrons. The van der Waals surface area contributed by atoms with Crippen molar-refractivity contribution in [2.45, 2.75) is 23.1 Å². The highest BCUT2D eigenvalue weighted by molar-refractivity contribution is 9.11. The summed E-state index contributed by atoms with van der Waals surface area (Å²) >= 11 is 6.19. The largest absolute Gasteiger partial charge is 0.253 e. The van der Waals surface area contributed by atoms with Crippen LogP contribution in [0.25, 0.3) is 10.2 Å². The Morgan fingerprint density at radius 1 is 1.17 bits per heavy atom. The summed E-state index contributed by atoms with van der Waals surface area (Å²) in [5.74, 6) is 0. The van der Waals surface area contributed by atoms with Gasteiger partial charge >= 0.3 is 0 Å². The molecule has 1 aliphatic rings. The summed E-state index contributed by atoms with van der Waals surface area (Å²) in [6, 6.07) is 11.2. The van der Waals surface area contributed by atoms with Crippen LogP contribution >= 0.6 is 38.6 Å². The predicted octanol–water partition coefficient (Wildman–Crippen LogP) is 4.65. The van der Waals surface area contributed by atoms with Crippen molar-refractivity contribution in [3.8, 4) is 0 Å². The Bertz CT molecular complexity index is 931. The molecule has 0 bridgehead atoms. The zero-order chi connectivity index (χ0) is 16.0. The third kappa shape index (κ3) is 2.76. The number of rotatable bonds is 3. The second-order valence-electron chi connectivity index (χ2n) is 5.35. The van der Waals surface area contributed by atoms with Gasteiger partial charge in [0.2, 0.25) is 0 Å². The fourth-order valence-corrected chi connectivity index (χ4v) is 7.84. The lowest BCUT2D eigenvalue weighted by Gasteiger charge is -2.21. The van der Waals surface area contributed by atoms with Gasteiger partial charge in [-0.3, -0.25) is 0 Å². The van der Waals surface area contributed by atoms with Crippen LogP contribution in [0.2, 0.25) is 0 Å². The summed E-state index contributed by atoms with van der Waals surface area (Å²) in [6.07, 6.45) is 1.69. The number of thiazole rings is 1. The van der Waals surface area contributed by atoms with Gasteiger partial charge < -0.3 is 0 Å². The molecule has 1 fully saturated rings. The standard InChI is InChI=1S/C15H13BrN2O2S3/c16-13-7-8-14(22-13)23(19,20)18-9-3-5-11(18)15-17-10-4-1-2-6-12(10)21-15/h1-2,4,6-8,11H,3,5,9H2/t11-/m1/s1. The predicted molar refractivity (Wildman–Crippen MR) is 97.5 cm³/mol. The number of halogens is 1. The molecule has 0 spiro atoms. The van der Waals surface area contributed by atoms with Crippen molar-refractivity contribution < 1.29 is 8.42 Å². The molecule has 0 N–H and O–H groups in total. The van der Waals surface area contributed by atoms with Gasteiger partial charge in [0.25, 0.3) is 10.0 Å². The van der Waals surface area contributed by atoms with Crippen molar-refractivity contribution in [3.63, 3.8) is 0 Å². The first-order valence-corrected chi connectivity index (χ1v) is 11.0. The van der Waals surface area contributed by atoms with E-state index in [1.807, 2.05) is 24.3 Å². The zero-order valence-electron chi connectivity index (χ0n) is 12.0. The smallest absolute Gasteiger partial charge is 0.239 e. The minimum absolute atomic E-state index is 0.154. The van der Waals surface area contributed by atoms with E-state index in [2.05, 4.69) is 20.9 Å². The van der Waals surface area contributed by atoms with Gasteiger partial charge in [-0.15, -0.1) is 22.7 Å². The molecular formula is C15H13BrN2O2S3. The molecule has 120 valence electrons. The van der Waals surface area contributed by atoms with E-state index < -0.39 is 10.0 Å². The molecule has 1 atom stereocenters. The van der Waals surface area contributed by atoms with Crippen molar-refractivity contribution >= 4 is 58.8 Å². The van der Waals surface area contributed by atoms with Gasteiger partial charge in [-0.1, -0.05) is 12.1 Å². The quantitative estimate of drug-likeness (QED) is 0.609. The molecule has 0 amide bonds. The minimum atomic E-state index is -3.46. The zero-order valence-corrected chi connectivity index (χ0v) is 16.0. The van der Waals surface area contributed by atoms with E-state index in [9.17, 15) is 8.42 Å². The van der Waals surface area contributed by atoms with E-state index in [0.29, 0.717) is 10.8 Å². The van der Waals surface area contributed by atoms with Crippen LogP contribution in [0, 0.1) is 0 Å². The fourth-order valence-electron chi connectivity index (χ4n) is 2.86. The lowest BCUT2D eigenvalue weighted by molar-refractivity contribution is 0.397. The van der Waals surface area contributed by atoms with E-state index in [-0.39, 0.29) is 6.04 Å². The first-order valence-electron chi connectivity index (χ1n) is 7.18. The highest BCUT2D eigenvalue weighted by Gasteiger charge is 2.38. The average molecular weight is 429 g/mol. The second-order valence-corrected chi connectivity index (χ2v) is 11.0. The van der Waals surface area contributed by atoms with Crippen LogP contribution in [-0.4, -0.2) is 24.3 Å². The summed E-state index contributed by atoms with van der Waals surface area (Å²) < 4.78 is 29.8. The van der Waals surface area contributed by atoms with Gasteiger partial charge in [-0.25, -0.2) is 13.4 Å². The monoisotopic (exact) mass is 428 g/mol. The van der Waals surface area contributed by atoms with Crippen LogP contribution in [0.15, 0.2) is 44.4 Å². The lowest BCUT2D eigenvalue weighted by Crippen LogP contribution is -2.30. The van der Waals surface area contributed by atoms with Crippen LogP contribution in [0.5, 0.6) is 0 Å². The molecule has 1 aromatic carbocycles. The summed E-state index contributed by atoms with van der Waals surface area (Å²) in [7, 11) is -3.46. The molecule has 0 saturated carbocycles. The van der Waals surface area contributed by atoms with Crippen molar-refractivity contribution in [2.24, 2.45) is 0 Å². The van der Waals surface area contributed by atoms with E-state index in [1.165, 1.54) is 11.3 Å². The third-order valence-corrected chi connectivity index (χ3v) is 9.05. The Morgan fingerprint density at radius 3 is 2.74 bits per heavy atom. The molecule has 0 aliphatic carbocycles. The van der Waals surface area contributed by atoms with E-state index in [0.717, 1.165) is 31.9 Å². The molecule has 8 heteroatoms. The maximum Gasteiger partial charge on any atom is 0.253 e. The molecule has 1 saturated heterocycles. The number of nitrogens with zero attached hydrogens (tertiary/aromatic N) is 2. The molecule has 1 aliphatic heterocycles. The number of hydrogen-bond acceptors (Lipinski definition) is 5. The average Bonchev–Trinajstić information content (AvgIpc) is 3.25. The number of para-hydroxylation sites is 1. The summed E-state index contributed by atoms with van der Waals surface area (Å²) in [5.41, 5.74) is 0.940. The third-order valence-electron chi connectivity index (χ3n) is 3.91. The topological polar surface area (TPSA) is 50.3 Å². The van der Waals surface area contributed by atoms with Gasteiger partial charge in [0.15, 0.2) is 0 Å². The molecule has 3 heterocycles. The molecular weight excluding hydrogens is 416 g/mol. The van der Waals surface area contributed by atoms with Gasteiger partial charge in [0.1, 0.15) is 9.22 Å². The van der Waals surface area contributed by atoms with E-state index >= 15 is 0 Å². The lowest BCUT2D eigenvalue weighted by atomic mass is 10.2. The fraction of sp³-hybridized carbons (Fsp3) is 0.267. The van der Waals surface area contributed by atoms with Crippen LogP contribution in [-0.2, 0) is 10.0 Å². The number of aromatic nitrogens is 1. The first-order chi connectivity index (χ1) is 11.1. The Balaban J connectivity index is 1.74. The number of benzene rings is 1.